The summed E-state index contributed by atoms with van der Waals surface area (Å²) in [5.41, 5.74) is 0.814. The Kier molecular flexibility index (Phi) is 7.29. The number of anilines is 1. The van der Waals surface area contributed by atoms with E-state index in [1.807, 2.05) is 17.9 Å². The van der Waals surface area contributed by atoms with Gasteiger partial charge in [-0.3, -0.25) is 4.79 Å². The summed E-state index contributed by atoms with van der Waals surface area (Å²) in [5.74, 6) is -0.940. The minimum absolute atomic E-state index is 0.0119. The summed E-state index contributed by atoms with van der Waals surface area (Å²) < 4.78 is 54.0. The Morgan fingerprint density at radius 3 is 2.61 bits per heavy atom. The lowest BCUT2D eigenvalue weighted by Crippen LogP contribution is -2.45. The first-order valence-electron chi connectivity index (χ1n) is 9.62. The van der Waals surface area contributed by atoms with Crippen molar-refractivity contribution in [2.75, 3.05) is 38.3 Å². The van der Waals surface area contributed by atoms with Crippen molar-refractivity contribution < 1.29 is 32.2 Å². The van der Waals surface area contributed by atoms with Crippen LogP contribution >= 0.6 is 0 Å². The molecule has 0 aliphatic carbocycles. The van der Waals surface area contributed by atoms with Gasteiger partial charge in [0.15, 0.2) is 5.75 Å². The van der Waals surface area contributed by atoms with Crippen LogP contribution in [0.4, 0.5) is 18.9 Å². The Morgan fingerprint density at radius 1 is 1.23 bits per heavy atom. The molecule has 2 atom stereocenters. The highest BCUT2D eigenvalue weighted by molar-refractivity contribution is 5.77. The predicted octanol–water partition coefficient (Wildman–Crippen LogP) is 2.64. The molecule has 31 heavy (non-hydrogen) atoms. The summed E-state index contributed by atoms with van der Waals surface area (Å²) in [7, 11) is 1.58. The molecule has 1 aromatic heterocycles. The SMILES string of the molecule is CCOCC(=O)N[C@H]1CN(c2cccc(Oc3cnc(C(F)(F)F)nc3)c2)C[C@H]1OC. The molecule has 2 aromatic rings. The number of benzene rings is 1. The van der Waals surface area contributed by atoms with E-state index in [1.165, 1.54) is 0 Å². The molecule has 1 aliphatic heterocycles. The molecule has 1 N–H and O–H groups in total. The van der Waals surface area contributed by atoms with Crippen LogP contribution in [0.5, 0.6) is 11.5 Å². The molecule has 2 heterocycles. The third-order valence-electron chi connectivity index (χ3n) is 4.65. The van der Waals surface area contributed by atoms with Gasteiger partial charge in [0.2, 0.25) is 11.7 Å². The summed E-state index contributed by atoms with van der Waals surface area (Å²) >= 11 is 0. The highest BCUT2D eigenvalue weighted by Gasteiger charge is 2.35. The summed E-state index contributed by atoms with van der Waals surface area (Å²) in [6.45, 7) is 3.32. The average molecular weight is 440 g/mol. The Hall–Kier alpha value is -2.92. The number of carbonyl (C=O) groups excluding carboxylic acids is 1. The van der Waals surface area contributed by atoms with E-state index in [1.54, 1.807) is 25.3 Å². The number of alkyl halides is 3. The number of hydrogen-bond donors (Lipinski definition) is 1. The number of methoxy groups -OCH3 is 1. The second-order valence-electron chi connectivity index (χ2n) is 6.83. The molecule has 1 aliphatic rings. The molecule has 0 saturated carbocycles. The summed E-state index contributed by atoms with van der Waals surface area (Å²) in [5, 5.41) is 2.92. The molecule has 168 valence electrons. The fourth-order valence-electron chi connectivity index (χ4n) is 3.20. The van der Waals surface area contributed by atoms with Crippen molar-refractivity contribution in [3.63, 3.8) is 0 Å². The van der Waals surface area contributed by atoms with Crippen LogP contribution in [0.25, 0.3) is 0 Å². The van der Waals surface area contributed by atoms with Gasteiger partial charge in [-0.2, -0.15) is 13.2 Å². The quantitative estimate of drug-likeness (QED) is 0.676. The maximum absolute atomic E-state index is 12.6. The van der Waals surface area contributed by atoms with E-state index in [2.05, 4.69) is 15.3 Å². The topological polar surface area (TPSA) is 85.8 Å². The monoisotopic (exact) mass is 440 g/mol. The van der Waals surface area contributed by atoms with Crippen molar-refractivity contribution in [2.45, 2.75) is 25.2 Å². The van der Waals surface area contributed by atoms with Gasteiger partial charge in [0.1, 0.15) is 12.4 Å². The summed E-state index contributed by atoms with van der Waals surface area (Å²) in [6, 6.07) is 6.83. The molecule has 0 spiro atoms. The van der Waals surface area contributed by atoms with Gasteiger partial charge >= 0.3 is 6.18 Å². The summed E-state index contributed by atoms with van der Waals surface area (Å²) in [6.07, 6.45) is -2.87. The van der Waals surface area contributed by atoms with Gasteiger partial charge in [-0.25, -0.2) is 9.97 Å². The van der Waals surface area contributed by atoms with Crippen molar-refractivity contribution >= 4 is 11.6 Å². The second kappa shape index (κ2) is 9.92. The van der Waals surface area contributed by atoms with Crippen molar-refractivity contribution in [1.82, 2.24) is 15.3 Å². The molecule has 8 nitrogen and oxygen atoms in total. The van der Waals surface area contributed by atoms with Gasteiger partial charge < -0.3 is 24.4 Å². The third kappa shape index (κ3) is 6.05. The molecule has 11 heteroatoms. The first kappa shape index (κ1) is 22.8. The fourth-order valence-corrected chi connectivity index (χ4v) is 3.20. The number of nitrogens with one attached hydrogen (secondary N) is 1. The lowest BCUT2D eigenvalue weighted by molar-refractivity contribution is -0.145. The normalized spacial score (nSPS) is 18.8. The molecule has 0 unspecified atom stereocenters. The van der Waals surface area contributed by atoms with E-state index in [0.29, 0.717) is 25.4 Å². The van der Waals surface area contributed by atoms with Crippen molar-refractivity contribution in [2.24, 2.45) is 0 Å². The standard InChI is InChI=1S/C20H23F3N4O4/c1-3-30-12-18(28)26-16-10-27(11-17(16)29-2)13-5-4-6-14(7-13)31-15-8-24-19(25-9-15)20(21,22)23/h4-9,16-17H,3,10-12H2,1-2H3,(H,26,28)/t16-,17+/m0/s1. The van der Waals surface area contributed by atoms with E-state index in [9.17, 15) is 18.0 Å². The van der Waals surface area contributed by atoms with Gasteiger partial charge in [0.25, 0.3) is 0 Å². The molecule has 1 fully saturated rings. The van der Waals surface area contributed by atoms with E-state index in [0.717, 1.165) is 18.1 Å². The highest BCUT2D eigenvalue weighted by atomic mass is 19.4. The lowest BCUT2D eigenvalue weighted by atomic mass is 10.2. The van der Waals surface area contributed by atoms with E-state index in [-0.39, 0.29) is 30.4 Å². The lowest BCUT2D eigenvalue weighted by Gasteiger charge is -2.19. The molecular formula is C20H23F3N4O4. The smallest absolute Gasteiger partial charge is 0.451 e. The predicted molar refractivity (Wildman–Crippen MR) is 105 cm³/mol. The number of amides is 1. The second-order valence-corrected chi connectivity index (χ2v) is 6.83. The largest absolute Gasteiger partial charge is 0.454 e. The molecule has 3 rings (SSSR count). The van der Waals surface area contributed by atoms with Crippen LogP contribution in [0.3, 0.4) is 0 Å². The maximum atomic E-state index is 12.6. The molecule has 1 aromatic carbocycles. The Balaban J connectivity index is 1.66. The maximum Gasteiger partial charge on any atom is 0.451 e. The molecular weight excluding hydrogens is 417 g/mol. The first-order chi connectivity index (χ1) is 14.8. The molecule has 0 radical (unpaired) electrons. The number of ether oxygens (including phenoxy) is 3. The highest BCUT2D eigenvalue weighted by Crippen LogP contribution is 2.30. The van der Waals surface area contributed by atoms with Crippen LogP contribution in [-0.2, 0) is 20.4 Å². The third-order valence-corrected chi connectivity index (χ3v) is 4.65. The van der Waals surface area contributed by atoms with Gasteiger partial charge in [0.05, 0.1) is 24.5 Å². The first-order valence-corrected chi connectivity index (χ1v) is 9.62. The molecule has 1 saturated heterocycles. The minimum atomic E-state index is -4.61. The van der Waals surface area contributed by atoms with Gasteiger partial charge in [-0.1, -0.05) is 6.07 Å². The van der Waals surface area contributed by atoms with Crippen LogP contribution in [-0.4, -0.2) is 61.4 Å². The minimum Gasteiger partial charge on any atom is -0.454 e. The Labute approximate surface area is 177 Å². The van der Waals surface area contributed by atoms with Crippen LogP contribution in [0.2, 0.25) is 0 Å². The zero-order valence-corrected chi connectivity index (χ0v) is 17.1. The zero-order chi connectivity index (χ0) is 22.4. The van der Waals surface area contributed by atoms with Crippen LogP contribution in [0, 0.1) is 0 Å². The van der Waals surface area contributed by atoms with Crippen LogP contribution in [0.15, 0.2) is 36.7 Å². The van der Waals surface area contributed by atoms with Crippen LogP contribution in [0.1, 0.15) is 12.7 Å². The Bertz CT molecular complexity index is 879. The number of aromatic nitrogens is 2. The zero-order valence-electron chi connectivity index (χ0n) is 17.1. The van der Waals surface area contributed by atoms with E-state index in [4.69, 9.17) is 14.2 Å². The molecule has 0 bridgehead atoms. The average Bonchev–Trinajstić information content (AvgIpc) is 3.15. The van der Waals surface area contributed by atoms with E-state index >= 15 is 0 Å². The van der Waals surface area contributed by atoms with E-state index < -0.39 is 12.0 Å². The van der Waals surface area contributed by atoms with Crippen molar-refractivity contribution in [3.8, 4) is 11.5 Å². The number of hydrogen-bond acceptors (Lipinski definition) is 7. The fraction of sp³-hybridized carbons (Fsp3) is 0.450. The van der Waals surface area contributed by atoms with Gasteiger partial charge in [0, 0.05) is 38.6 Å². The van der Waals surface area contributed by atoms with Crippen molar-refractivity contribution in [1.29, 1.82) is 0 Å². The summed E-state index contributed by atoms with van der Waals surface area (Å²) in [4.78, 5) is 20.6. The molecule has 1 amide bonds. The number of nitrogens with zero attached hydrogens (tertiary/aromatic N) is 3. The Morgan fingerprint density at radius 2 is 1.97 bits per heavy atom. The van der Waals surface area contributed by atoms with Crippen LogP contribution < -0.4 is 15.0 Å². The van der Waals surface area contributed by atoms with Gasteiger partial charge in [-0.15, -0.1) is 0 Å². The number of carbonyl (C=O) groups is 1. The van der Waals surface area contributed by atoms with Crippen molar-refractivity contribution in [3.05, 3.63) is 42.5 Å². The number of halogens is 3. The van der Waals surface area contributed by atoms with Gasteiger partial charge in [-0.05, 0) is 19.1 Å². The number of rotatable bonds is 8.